The van der Waals surface area contributed by atoms with Crippen LogP contribution >= 0.6 is 0 Å². The molecule has 0 bridgehead atoms. The largest absolute Gasteiger partial charge is 0.739 e. The van der Waals surface area contributed by atoms with Gasteiger partial charge in [-0.15, -0.1) is 0 Å². The second-order valence-corrected chi connectivity index (χ2v) is 5.79. The van der Waals surface area contributed by atoms with E-state index in [0.29, 0.717) is 20.9 Å². The zero-order valence-electron chi connectivity index (χ0n) is 14.2. The number of ether oxygens (including phenoxy) is 1. The summed E-state index contributed by atoms with van der Waals surface area (Å²) < 4.78 is 10.5. The van der Waals surface area contributed by atoms with Crippen molar-refractivity contribution >= 4 is 23.0 Å². The Morgan fingerprint density at radius 1 is 1.31 bits per heavy atom. The van der Waals surface area contributed by atoms with Crippen LogP contribution in [0.25, 0.3) is 22.4 Å². The van der Waals surface area contributed by atoms with Crippen LogP contribution in [0.2, 0.25) is 0 Å². The third-order valence-corrected chi connectivity index (χ3v) is 3.48. The lowest BCUT2D eigenvalue weighted by molar-refractivity contribution is -0.672. The lowest BCUT2D eigenvalue weighted by Gasteiger charge is -2.11. The summed E-state index contributed by atoms with van der Waals surface area (Å²) in [6.07, 6.45) is 1.31. The van der Waals surface area contributed by atoms with E-state index in [0.717, 1.165) is 0 Å². The number of nitrogens with zero attached hydrogens (tertiary/aromatic N) is 4. The molecule has 0 fully saturated rings. The molecular formula is C16H17N5O5. The van der Waals surface area contributed by atoms with Crippen LogP contribution in [0.15, 0.2) is 35.0 Å². The molecule has 0 saturated heterocycles. The smallest absolute Gasteiger partial charge is 0.460 e. The van der Waals surface area contributed by atoms with Crippen LogP contribution in [0.1, 0.15) is 20.3 Å². The van der Waals surface area contributed by atoms with Crippen molar-refractivity contribution in [1.29, 1.82) is 0 Å². The molecule has 0 saturated carbocycles. The van der Waals surface area contributed by atoms with Gasteiger partial charge in [-0.2, -0.15) is 0 Å². The van der Waals surface area contributed by atoms with Crippen molar-refractivity contribution in [3.8, 4) is 11.3 Å². The third-order valence-electron chi connectivity index (χ3n) is 3.48. The molecular weight excluding hydrogens is 342 g/mol. The van der Waals surface area contributed by atoms with Crippen molar-refractivity contribution in [3.05, 3.63) is 40.9 Å². The molecule has 1 N–H and O–H groups in total. The van der Waals surface area contributed by atoms with Gasteiger partial charge in [0.1, 0.15) is 0 Å². The molecule has 26 heavy (non-hydrogen) atoms. The Morgan fingerprint density at radius 3 is 2.81 bits per heavy atom. The molecule has 0 aliphatic carbocycles. The van der Waals surface area contributed by atoms with E-state index in [2.05, 4.69) is 15.6 Å². The van der Waals surface area contributed by atoms with Crippen LogP contribution in [-0.4, -0.2) is 28.9 Å². The highest BCUT2D eigenvalue weighted by Gasteiger charge is 2.21. The summed E-state index contributed by atoms with van der Waals surface area (Å²) in [4.78, 5) is 11.9. The van der Waals surface area contributed by atoms with Gasteiger partial charge in [0.25, 0.3) is 5.52 Å². The van der Waals surface area contributed by atoms with Gasteiger partial charge in [0.05, 0.1) is 25.3 Å². The first kappa shape index (κ1) is 17.4. The Hall–Kier alpha value is -3.43. The molecule has 0 aliphatic heterocycles. The van der Waals surface area contributed by atoms with Crippen molar-refractivity contribution in [3.63, 3.8) is 0 Å². The highest BCUT2D eigenvalue weighted by Crippen LogP contribution is 2.21. The van der Waals surface area contributed by atoms with Gasteiger partial charge in [-0.25, -0.2) is 4.73 Å². The van der Waals surface area contributed by atoms with Crippen molar-refractivity contribution in [2.75, 3.05) is 11.9 Å². The van der Waals surface area contributed by atoms with Crippen molar-refractivity contribution < 1.29 is 23.6 Å². The Bertz CT molecular complexity index is 926. The van der Waals surface area contributed by atoms with E-state index in [1.54, 1.807) is 26.0 Å². The van der Waals surface area contributed by atoms with E-state index in [4.69, 9.17) is 9.26 Å². The number of nitrogens with one attached hydrogen (secondary N) is 1. The number of aromatic nitrogens is 4. The highest BCUT2D eigenvalue weighted by molar-refractivity contribution is 5.75. The Balaban J connectivity index is 1.81. The number of hydrogen-bond donors (Lipinski definition) is 1. The van der Waals surface area contributed by atoms with E-state index in [9.17, 15) is 15.2 Å². The Morgan fingerprint density at radius 2 is 2.12 bits per heavy atom. The molecule has 0 amide bonds. The molecule has 2 heterocycles. The maximum absolute atomic E-state index is 12.4. The predicted octanol–water partition coefficient (Wildman–Crippen LogP) is 0.910. The van der Waals surface area contributed by atoms with Crippen molar-refractivity contribution in [1.82, 2.24) is 10.3 Å². The molecule has 1 aromatic carbocycles. The second-order valence-electron chi connectivity index (χ2n) is 5.79. The molecule has 2 aromatic heterocycles. The van der Waals surface area contributed by atoms with Gasteiger partial charge in [0.2, 0.25) is 5.10 Å². The summed E-state index contributed by atoms with van der Waals surface area (Å²) in [6, 6.07) is 6.27. The number of benzene rings is 1. The number of anilines is 1. The van der Waals surface area contributed by atoms with Crippen LogP contribution < -0.4 is 14.9 Å². The van der Waals surface area contributed by atoms with Crippen LogP contribution in [-0.2, 0) is 9.53 Å². The summed E-state index contributed by atoms with van der Waals surface area (Å²) in [7, 11) is 0. The average molecular weight is 359 g/mol. The number of carbonyl (C=O) groups excluding carboxylic acids is 1. The van der Waals surface area contributed by atoms with Crippen LogP contribution in [0.3, 0.4) is 0 Å². The fraction of sp³-hybridized carbons (Fsp3) is 0.312. The molecule has 0 aliphatic rings. The summed E-state index contributed by atoms with van der Waals surface area (Å²) >= 11 is 0. The maximum Gasteiger partial charge on any atom is 0.460 e. The summed E-state index contributed by atoms with van der Waals surface area (Å²) in [5.74, 6) is -0.134. The normalized spacial score (nSPS) is 11.0. The first-order valence-electron chi connectivity index (χ1n) is 7.97. The molecule has 3 rings (SSSR count). The van der Waals surface area contributed by atoms with Gasteiger partial charge < -0.3 is 19.7 Å². The SMILES string of the molecule is CC(C)OC(=O)CCNc1n[n+]([O-])c2cc(-c3ccno3)ccc2[n+]1[O-]. The Labute approximate surface area is 148 Å². The van der Waals surface area contributed by atoms with E-state index < -0.39 is 5.97 Å². The van der Waals surface area contributed by atoms with Crippen LogP contribution in [0, 0.1) is 10.4 Å². The molecule has 136 valence electrons. The Kier molecular flexibility index (Phi) is 4.83. The van der Waals surface area contributed by atoms with Gasteiger partial charge in [0.15, 0.2) is 11.3 Å². The number of fused-ring (bicyclic) bond motifs is 1. The van der Waals surface area contributed by atoms with Gasteiger partial charge in [-0.05, 0) is 26.0 Å². The molecule has 10 heteroatoms. The molecule has 0 unspecified atom stereocenters. The molecule has 10 nitrogen and oxygen atoms in total. The molecule has 3 aromatic rings. The topological polar surface area (TPSA) is 131 Å². The van der Waals surface area contributed by atoms with Crippen LogP contribution in [0.4, 0.5) is 5.95 Å². The second kappa shape index (κ2) is 7.21. The molecule has 0 radical (unpaired) electrons. The van der Waals surface area contributed by atoms with Gasteiger partial charge >= 0.3 is 11.9 Å². The lowest BCUT2D eigenvalue weighted by Crippen LogP contribution is -2.44. The van der Waals surface area contributed by atoms with Crippen molar-refractivity contribution in [2.45, 2.75) is 26.4 Å². The standard InChI is InChI=1S/C16H17N5O5/c1-10(2)25-15(22)6-7-17-16-19-21(24)13-9-11(14-5-8-18-26-14)3-4-12(13)20(16)23/h3-5,8-10H,6-7H2,1-2H3,(H,17,19). The first-order chi connectivity index (χ1) is 12.5. The number of esters is 1. The summed E-state index contributed by atoms with van der Waals surface area (Å²) in [6.45, 7) is 3.60. The first-order valence-corrected chi connectivity index (χ1v) is 7.97. The van der Waals surface area contributed by atoms with E-state index in [1.165, 1.54) is 18.3 Å². The summed E-state index contributed by atoms with van der Waals surface area (Å²) in [5, 5.41) is 34.6. The average Bonchev–Trinajstić information content (AvgIpc) is 3.12. The number of hydrogen-bond acceptors (Lipinski definition) is 8. The zero-order valence-corrected chi connectivity index (χ0v) is 14.2. The zero-order chi connectivity index (χ0) is 18.7. The van der Waals surface area contributed by atoms with Gasteiger partial charge in [0, 0.05) is 22.5 Å². The minimum Gasteiger partial charge on any atom is -0.739 e. The van der Waals surface area contributed by atoms with Gasteiger partial charge in [-0.3, -0.25) is 10.1 Å². The van der Waals surface area contributed by atoms with E-state index >= 15 is 0 Å². The fourth-order valence-electron chi connectivity index (χ4n) is 2.37. The van der Waals surface area contributed by atoms with Crippen molar-refractivity contribution in [2.24, 2.45) is 0 Å². The number of rotatable bonds is 6. The van der Waals surface area contributed by atoms with E-state index in [-0.39, 0.29) is 36.1 Å². The fourth-order valence-corrected chi connectivity index (χ4v) is 2.37. The lowest BCUT2D eigenvalue weighted by atomic mass is 10.1. The quantitative estimate of drug-likeness (QED) is 0.390. The minimum absolute atomic E-state index is 0.0428. The monoisotopic (exact) mass is 359 g/mol. The molecule has 0 spiro atoms. The number of carbonyl (C=O) groups is 1. The minimum atomic E-state index is -0.405. The molecule has 0 atom stereocenters. The maximum atomic E-state index is 12.4. The highest BCUT2D eigenvalue weighted by atomic mass is 16.5. The van der Waals surface area contributed by atoms with E-state index in [1.807, 2.05) is 0 Å². The van der Waals surface area contributed by atoms with Gasteiger partial charge in [-0.1, -0.05) is 5.16 Å². The van der Waals surface area contributed by atoms with Crippen LogP contribution in [0.5, 0.6) is 0 Å². The predicted molar refractivity (Wildman–Crippen MR) is 89.5 cm³/mol. The summed E-state index contributed by atoms with van der Waals surface area (Å²) in [5.41, 5.74) is 0.808. The third kappa shape index (κ3) is 3.63.